The van der Waals surface area contributed by atoms with Crippen LogP contribution in [0, 0.1) is 0 Å². The lowest BCUT2D eigenvalue weighted by molar-refractivity contribution is 0.102. The Kier molecular flexibility index (Phi) is 4.85. The average Bonchev–Trinajstić information content (AvgIpc) is 2.48. The van der Waals surface area contributed by atoms with Crippen LogP contribution in [0.2, 0.25) is 5.02 Å². The van der Waals surface area contributed by atoms with Crippen molar-refractivity contribution in [1.29, 1.82) is 0 Å². The Morgan fingerprint density at radius 1 is 1.33 bits per heavy atom. The van der Waals surface area contributed by atoms with Crippen LogP contribution >= 0.6 is 11.6 Å². The molecule has 0 unspecified atom stereocenters. The predicted molar refractivity (Wildman–Crippen MR) is 86.0 cm³/mol. The Morgan fingerprint density at radius 3 is 2.90 bits per heavy atom. The first-order valence-electron chi connectivity index (χ1n) is 6.30. The number of rotatable bonds is 5. The molecule has 4 nitrogen and oxygen atoms in total. The van der Waals surface area contributed by atoms with Crippen LogP contribution in [0.25, 0.3) is 0 Å². The molecule has 0 bridgehead atoms. The maximum Gasteiger partial charge on any atom is 0.257 e. The van der Waals surface area contributed by atoms with E-state index in [1.165, 1.54) is 6.07 Å². The predicted octanol–water partition coefficient (Wildman–Crippen LogP) is 3.74. The molecule has 0 saturated carbocycles. The molecule has 0 aliphatic carbocycles. The molecule has 2 aromatic rings. The molecule has 0 radical (unpaired) electrons. The van der Waals surface area contributed by atoms with Gasteiger partial charge >= 0.3 is 0 Å². The van der Waals surface area contributed by atoms with Gasteiger partial charge in [0.15, 0.2) is 0 Å². The number of anilines is 2. The van der Waals surface area contributed by atoms with Gasteiger partial charge in [0.2, 0.25) is 0 Å². The second kappa shape index (κ2) is 6.81. The Hall–Kier alpha value is -2.46. The molecule has 1 amide bonds. The zero-order valence-corrected chi connectivity index (χ0v) is 12.1. The molecule has 2 aromatic carbocycles. The number of nitrogen functional groups attached to an aromatic ring is 1. The number of nitrogens with one attached hydrogen (secondary N) is 1. The zero-order valence-electron chi connectivity index (χ0n) is 11.3. The molecule has 0 aliphatic heterocycles. The number of amides is 1. The summed E-state index contributed by atoms with van der Waals surface area (Å²) in [6.45, 7) is 3.98. The first-order valence-corrected chi connectivity index (χ1v) is 6.68. The first kappa shape index (κ1) is 14.9. The van der Waals surface area contributed by atoms with Crippen LogP contribution in [-0.2, 0) is 0 Å². The molecule has 0 aliphatic rings. The summed E-state index contributed by atoms with van der Waals surface area (Å²) in [6.07, 6.45) is 1.65. The SMILES string of the molecule is C=CCOc1cccc(NC(=O)c2cc(N)ccc2Cl)c1. The minimum Gasteiger partial charge on any atom is -0.489 e. The van der Waals surface area contributed by atoms with Gasteiger partial charge in [-0.05, 0) is 30.3 Å². The second-order valence-corrected chi connectivity index (χ2v) is 4.73. The van der Waals surface area contributed by atoms with Gasteiger partial charge in [0.25, 0.3) is 5.91 Å². The highest BCUT2D eigenvalue weighted by Crippen LogP contribution is 2.22. The van der Waals surface area contributed by atoms with E-state index in [0.717, 1.165) is 0 Å². The van der Waals surface area contributed by atoms with Gasteiger partial charge in [-0.3, -0.25) is 4.79 Å². The van der Waals surface area contributed by atoms with Crippen LogP contribution in [-0.4, -0.2) is 12.5 Å². The molecule has 0 aromatic heterocycles. The van der Waals surface area contributed by atoms with Crippen LogP contribution in [0.1, 0.15) is 10.4 Å². The lowest BCUT2D eigenvalue weighted by Gasteiger charge is -2.09. The van der Waals surface area contributed by atoms with E-state index in [1.54, 1.807) is 42.5 Å². The van der Waals surface area contributed by atoms with Gasteiger partial charge in [0, 0.05) is 17.4 Å². The van der Waals surface area contributed by atoms with Crippen LogP contribution in [0.4, 0.5) is 11.4 Å². The van der Waals surface area contributed by atoms with Gasteiger partial charge in [-0.15, -0.1) is 0 Å². The van der Waals surface area contributed by atoms with Gasteiger partial charge in [0.05, 0.1) is 10.6 Å². The van der Waals surface area contributed by atoms with E-state index in [-0.39, 0.29) is 5.91 Å². The number of ether oxygens (including phenoxy) is 1. The van der Waals surface area contributed by atoms with Crippen molar-refractivity contribution in [2.45, 2.75) is 0 Å². The van der Waals surface area contributed by atoms with Crippen LogP contribution in [0.5, 0.6) is 5.75 Å². The van der Waals surface area contributed by atoms with Crippen molar-refractivity contribution in [3.63, 3.8) is 0 Å². The summed E-state index contributed by atoms with van der Waals surface area (Å²) in [5.74, 6) is 0.319. The molecular weight excluding hydrogens is 288 g/mol. The van der Waals surface area contributed by atoms with Crippen molar-refractivity contribution >= 4 is 28.9 Å². The fraction of sp³-hybridized carbons (Fsp3) is 0.0625. The van der Waals surface area contributed by atoms with Crippen molar-refractivity contribution in [2.75, 3.05) is 17.7 Å². The van der Waals surface area contributed by atoms with Crippen LogP contribution in [0.3, 0.4) is 0 Å². The smallest absolute Gasteiger partial charge is 0.257 e. The van der Waals surface area contributed by atoms with Gasteiger partial charge in [-0.1, -0.05) is 30.3 Å². The lowest BCUT2D eigenvalue weighted by atomic mass is 10.2. The van der Waals surface area contributed by atoms with Crippen molar-refractivity contribution in [1.82, 2.24) is 0 Å². The number of benzene rings is 2. The molecule has 0 spiro atoms. The summed E-state index contributed by atoms with van der Waals surface area (Å²) in [4.78, 5) is 12.2. The monoisotopic (exact) mass is 302 g/mol. The normalized spacial score (nSPS) is 9.95. The molecule has 0 saturated heterocycles. The molecule has 2 rings (SSSR count). The van der Waals surface area contributed by atoms with E-state index in [4.69, 9.17) is 22.1 Å². The largest absolute Gasteiger partial charge is 0.489 e. The number of hydrogen-bond acceptors (Lipinski definition) is 3. The van der Waals surface area contributed by atoms with E-state index in [0.29, 0.717) is 34.3 Å². The maximum atomic E-state index is 12.2. The van der Waals surface area contributed by atoms with E-state index >= 15 is 0 Å². The van der Waals surface area contributed by atoms with Crippen molar-refractivity contribution < 1.29 is 9.53 Å². The molecule has 3 N–H and O–H groups in total. The summed E-state index contributed by atoms with van der Waals surface area (Å²) >= 11 is 6.00. The highest BCUT2D eigenvalue weighted by Gasteiger charge is 2.11. The lowest BCUT2D eigenvalue weighted by Crippen LogP contribution is -2.13. The van der Waals surface area contributed by atoms with E-state index in [9.17, 15) is 4.79 Å². The summed E-state index contributed by atoms with van der Waals surface area (Å²) in [5.41, 5.74) is 7.09. The number of carbonyl (C=O) groups excluding carboxylic acids is 1. The summed E-state index contributed by atoms with van der Waals surface area (Å²) in [7, 11) is 0. The molecular formula is C16H15ClN2O2. The highest BCUT2D eigenvalue weighted by molar-refractivity contribution is 6.34. The van der Waals surface area contributed by atoms with Crippen LogP contribution < -0.4 is 15.8 Å². The number of carbonyl (C=O) groups is 1. The highest BCUT2D eigenvalue weighted by atomic mass is 35.5. The van der Waals surface area contributed by atoms with E-state index in [2.05, 4.69) is 11.9 Å². The molecule has 5 heteroatoms. The summed E-state index contributed by atoms with van der Waals surface area (Å²) in [5, 5.41) is 3.11. The standard InChI is InChI=1S/C16H15ClN2O2/c1-2-8-21-13-5-3-4-12(10-13)19-16(20)14-9-11(18)6-7-15(14)17/h2-7,9-10H,1,8,18H2,(H,19,20). The van der Waals surface area contributed by atoms with Crippen LogP contribution in [0.15, 0.2) is 55.1 Å². The van der Waals surface area contributed by atoms with Crippen molar-refractivity contribution in [3.05, 3.63) is 65.7 Å². The number of halogens is 1. The molecule has 108 valence electrons. The third-order valence-corrected chi connectivity index (χ3v) is 3.02. The van der Waals surface area contributed by atoms with Gasteiger partial charge in [0.1, 0.15) is 12.4 Å². The second-order valence-electron chi connectivity index (χ2n) is 4.32. The Labute approximate surface area is 128 Å². The number of hydrogen-bond donors (Lipinski definition) is 2. The minimum absolute atomic E-state index is 0.326. The fourth-order valence-electron chi connectivity index (χ4n) is 1.73. The topological polar surface area (TPSA) is 64.3 Å². The molecule has 0 atom stereocenters. The quantitative estimate of drug-likeness (QED) is 0.653. The zero-order chi connectivity index (χ0) is 15.2. The first-order chi connectivity index (χ1) is 10.1. The Morgan fingerprint density at radius 2 is 2.14 bits per heavy atom. The maximum absolute atomic E-state index is 12.2. The van der Waals surface area contributed by atoms with E-state index in [1.807, 2.05) is 0 Å². The Balaban J connectivity index is 2.15. The molecule has 0 heterocycles. The number of nitrogens with two attached hydrogens (primary N) is 1. The van der Waals surface area contributed by atoms with Gasteiger partial charge < -0.3 is 15.8 Å². The fourth-order valence-corrected chi connectivity index (χ4v) is 1.94. The third kappa shape index (κ3) is 4.00. The van der Waals surface area contributed by atoms with Gasteiger partial charge in [-0.25, -0.2) is 0 Å². The Bertz CT molecular complexity index is 671. The molecule has 21 heavy (non-hydrogen) atoms. The summed E-state index contributed by atoms with van der Waals surface area (Å²) < 4.78 is 5.41. The van der Waals surface area contributed by atoms with E-state index < -0.39 is 0 Å². The van der Waals surface area contributed by atoms with Crippen molar-refractivity contribution in [3.8, 4) is 5.75 Å². The summed E-state index contributed by atoms with van der Waals surface area (Å²) in [6, 6.07) is 11.8. The third-order valence-electron chi connectivity index (χ3n) is 2.69. The average molecular weight is 303 g/mol. The minimum atomic E-state index is -0.326. The molecule has 0 fully saturated rings. The van der Waals surface area contributed by atoms with Crippen molar-refractivity contribution in [2.24, 2.45) is 0 Å². The van der Waals surface area contributed by atoms with Gasteiger partial charge in [-0.2, -0.15) is 0 Å².